The van der Waals surface area contributed by atoms with Crippen molar-refractivity contribution in [2.45, 2.75) is 312 Å². The monoisotopic (exact) mass is 1040 g/mol. The third-order valence-electron chi connectivity index (χ3n) is 10.0. The molecule has 9 heteroatoms. The van der Waals surface area contributed by atoms with Gasteiger partial charge in [0.1, 0.15) is 17.3 Å². The number of hydrogen-bond acceptors (Lipinski definition) is 6. The highest BCUT2D eigenvalue weighted by Gasteiger charge is 2.39. The molecule has 0 atom stereocenters. The Balaban J connectivity index is -0.000000256. The fourth-order valence-corrected chi connectivity index (χ4v) is 6.46. The smallest absolute Gasteiger partial charge is 0.327 e. The van der Waals surface area contributed by atoms with Crippen molar-refractivity contribution >= 4 is 35.2 Å². The van der Waals surface area contributed by atoms with E-state index in [0.29, 0.717) is 79.8 Å². The maximum atomic E-state index is 12.1. The molecular formula is C64H129N3O6. The van der Waals surface area contributed by atoms with Gasteiger partial charge in [0, 0.05) is 73.5 Å². The van der Waals surface area contributed by atoms with Crippen LogP contribution >= 0.6 is 0 Å². The standard InChI is InChI=1S/C13H24N2O2.2C11H22O.C10H20O.C10H22.C9H19NO/c1-12(2,3)9-10(16)14-7-8-15(11(14)17)13(4,5)6;2*1-10(2,3)7-9(12)8-11(4,5)6;1-9(2,3)7-8(11)10(4,5)6;1-9(2,3)7-8-10(4,5)6;1-8(2,3)7(11)10-9(4,5)6/h7-9H2,1-6H3;2*7-8H2,1-6H3;7H2,1-6H3;7-8H2,1-6H3;1-6H3,(H,10,11). The Morgan fingerprint density at radius 1 is 0.370 bits per heavy atom. The third-order valence-corrected chi connectivity index (χ3v) is 10.0. The Morgan fingerprint density at radius 3 is 0.795 bits per heavy atom. The second kappa shape index (κ2) is 29.8. The lowest BCUT2D eigenvalue weighted by atomic mass is 9.80. The summed E-state index contributed by atoms with van der Waals surface area (Å²) < 4.78 is 0. The quantitative estimate of drug-likeness (QED) is 0.271. The minimum atomic E-state index is -0.284. The van der Waals surface area contributed by atoms with Gasteiger partial charge in [-0.3, -0.25) is 28.9 Å². The highest BCUT2D eigenvalue weighted by atomic mass is 16.2. The molecule has 0 aromatic heterocycles. The van der Waals surface area contributed by atoms with Crippen LogP contribution in [0.3, 0.4) is 0 Å². The fourth-order valence-electron chi connectivity index (χ4n) is 6.46. The Kier molecular flexibility index (Phi) is 32.4. The van der Waals surface area contributed by atoms with Gasteiger partial charge in [-0.25, -0.2) is 4.79 Å². The third kappa shape index (κ3) is 57.0. The van der Waals surface area contributed by atoms with Crippen molar-refractivity contribution in [3.8, 4) is 0 Å². The van der Waals surface area contributed by atoms with Gasteiger partial charge >= 0.3 is 6.03 Å². The van der Waals surface area contributed by atoms with Crippen LogP contribution in [0.15, 0.2) is 0 Å². The van der Waals surface area contributed by atoms with Crippen molar-refractivity contribution in [3.63, 3.8) is 0 Å². The number of urea groups is 1. The van der Waals surface area contributed by atoms with Crippen molar-refractivity contribution in [2.75, 3.05) is 13.1 Å². The zero-order valence-electron chi connectivity index (χ0n) is 55.9. The average Bonchev–Trinajstić information content (AvgIpc) is 3.40. The minimum absolute atomic E-state index is 0.0609. The highest BCUT2D eigenvalue weighted by molar-refractivity contribution is 5.96. The van der Waals surface area contributed by atoms with Crippen LogP contribution in [0.5, 0.6) is 0 Å². The van der Waals surface area contributed by atoms with E-state index in [1.807, 2.05) is 104 Å². The highest BCUT2D eigenvalue weighted by Crippen LogP contribution is 2.31. The van der Waals surface area contributed by atoms with Crippen LogP contribution in [0, 0.1) is 54.1 Å². The first-order chi connectivity index (χ1) is 31.2. The van der Waals surface area contributed by atoms with E-state index in [2.05, 4.69) is 151 Å². The van der Waals surface area contributed by atoms with Crippen molar-refractivity contribution in [2.24, 2.45) is 54.1 Å². The van der Waals surface area contributed by atoms with Crippen molar-refractivity contribution in [3.05, 3.63) is 0 Å². The molecule has 1 aliphatic rings. The van der Waals surface area contributed by atoms with Crippen molar-refractivity contribution in [1.29, 1.82) is 0 Å². The van der Waals surface area contributed by atoms with E-state index >= 15 is 0 Å². The molecule has 0 saturated carbocycles. The SMILES string of the molecule is CC(C)(C)CC(=O)C(C)(C)C.CC(C)(C)CC(=O)CC(C)(C)C.CC(C)(C)CC(=O)CC(C)(C)C.CC(C)(C)CC(=O)N1CCN(C(C)(C)C)C1=O.CC(C)(C)CCC(C)(C)C.CC(C)(C)NC(=O)C(C)(C)C. The number of ketones is 3. The van der Waals surface area contributed by atoms with Gasteiger partial charge in [-0.15, -0.1) is 0 Å². The van der Waals surface area contributed by atoms with Crippen LogP contribution in [0.4, 0.5) is 4.79 Å². The number of nitrogens with zero attached hydrogens (tertiary/aromatic N) is 2. The van der Waals surface area contributed by atoms with Crippen LogP contribution in [0.1, 0.15) is 301 Å². The summed E-state index contributed by atoms with van der Waals surface area (Å²) in [6, 6.07) is -0.147. The summed E-state index contributed by atoms with van der Waals surface area (Å²) in [6.45, 7) is 76.1. The van der Waals surface area contributed by atoms with Gasteiger partial charge in [0.05, 0.1) is 0 Å². The lowest BCUT2D eigenvalue weighted by molar-refractivity contribution is -0.130. The molecule has 1 N–H and O–H groups in total. The van der Waals surface area contributed by atoms with Crippen molar-refractivity contribution < 1.29 is 28.8 Å². The molecule has 0 aromatic carbocycles. The zero-order chi connectivity index (χ0) is 60.4. The first kappa shape index (κ1) is 79.3. The summed E-state index contributed by atoms with van der Waals surface area (Å²) in [5, 5.41) is 2.92. The maximum Gasteiger partial charge on any atom is 0.327 e. The maximum absolute atomic E-state index is 12.1. The van der Waals surface area contributed by atoms with Crippen LogP contribution < -0.4 is 5.32 Å². The molecular weight excluding hydrogens is 907 g/mol. The molecule has 1 fully saturated rings. The zero-order valence-corrected chi connectivity index (χ0v) is 55.9. The van der Waals surface area contributed by atoms with E-state index < -0.39 is 0 Å². The molecule has 9 nitrogen and oxygen atoms in total. The molecule has 0 aliphatic carbocycles. The Hall–Kier alpha value is -2.58. The molecule has 0 spiro atoms. The molecule has 0 radical (unpaired) electrons. The molecule has 1 heterocycles. The number of imide groups is 1. The van der Waals surface area contributed by atoms with Gasteiger partial charge < -0.3 is 10.2 Å². The number of amides is 4. The van der Waals surface area contributed by atoms with E-state index in [0.717, 1.165) is 0 Å². The lowest BCUT2D eigenvalue weighted by Crippen LogP contribution is -2.46. The van der Waals surface area contributed by atoms with E-state index in [1.54, 1.807) is 4.90 Å². The first-order valence-electron chi connectivity index (χ1n) is 27.7. The summed E-state index contributed by atoms with van der Waals surface area (Å²) in [5.41, 5.74) is 0.839. The van der Waals surface area contributed by atoms with Crippen LogP contribution in [0.2, 0.25) is 0 Å². The lowest BCUT2D eigenvalue weighted by Gasteiger charge is -2.31. The van der Waals surface area contributed by atoms with E-state index in [4.69, 9.17) is 0 Å². The molecule has 0 aromatic rings. The molecule has 1 saturated heterocycles. The van der Waals surface area contributed by atoms with E-state index in [-0.39, 0.29) is 72.2 Å². The molecule has 0 bridgehead atoms. The molecule has 1 rings (SSSR count). The second-order valence-electron chi connectivity index (χ2n) is 34.9. The van der Waals surface area contributed by atoms with E-state index in [9.17, 15) is 28.8 Å². The molecule has 436 valence electrons. The van der Waals surface area contributed by atoms with Crippen LogP contribution in [0.25, 0.3) is 0 Å². The predicted octanol–water partition coefficient (Wildman–Crippen LogP) is 18.2. The summed E-state index contributed by atoms with van der Waals surface area (Å²) in [5.74, 6) is 1.16. The Bertz CT molecular complexity index is 1520. The summed E-state index contributed by atoms with van der Waals surface area (Å²) in [6.07, 6.45) is 6.54. The second-order valence-corrected chi connectivity index (χ2v) is 34.9. The number of carbonyl (C=O) groups excluding carboxylic acids is 6. The topological polar surface area (TPSA) is 121 Å². The molecule has 73 heavy (non-hydrogen) atoms. The summed E-state index contributed by atoms with van der Waals surface area (Å²) in [7, 11) is 0. The van der Waals surface area contributed by atoms with Gasteiger partial charge in [0.25, 0.3) is 0 Å². The average molecular weight is 1040 g/mol. The van der Waals surface area contributed by atoms with E-state index in [1.165, 1.54) is 17.7 Å². The van der Waals surface area contributed by atoms with Gasteiger partial charge in [0.2, 0.25) is 11.8 Å². The fraction of sp³-hybridized carbons (Fsp3) is 0.906. The predicted molar refractivity (Wildman–Crippen MR) is 318 cm³/mol. The van der Waals surface area contributed by atoms with Gasteiger partial charge in [-0.05, 0) is 97.7 Å². The van der Waals surface area contributed by atoms with Crippen molar-refractivity contribution in [1.82, 2.24) is 15.1 Å². The van der Waals surface area contributed by atoms with Gasteiger partial charge in [0.15, 0.2) is 0 Å². The molecule has 0 unspecified atom stereocenters. The van der Waals surface area contributed by atoms with Gasteiger partial charge in [-0.1, -0.05) is 208 Å². The van der Waals surface area contributed by atoms with Crippen LogP contribution in [-0.4, -0.2) is 69.2 Å². The largest absolute Gasteiger partial charge is 0.351 e. The minimum Gasteiger partial charge on any atom is -0.351 e. The summed E-state index contributed by atoms with van der Waals surface area (Å²) in [4.78, 5) is 73.1. The molecule has 4 amide bonds. The number of rotatable bonds is 7. The Morgan fingerprint density at radius 2 is 0.644 bits per heavy atom. The number of hydrogen-bond donors (Lipinski definition) is 1. The first-order valence-corrected chi connectivity index (χ1v) is 27.7. The normalized spacial score (nSPS) is 14.3. The number of Topliss-reactive ketones (excluding diaryl/α,β-unsaturated/α-hetero) is 3. The molecule has 1 aliphatic heterocycles. The van der Waals surface area contributed by atoms with Crippen LogP contribution in [-0.2, 0) is 24.0 Å². The number of carbonyl (C=O) groups is 6. The Labute approximate surface area is 456 Å². The summed E-state index contributed by atoms with van der Waals surface area (Å²) >= 11 is 0. The number of nitrogens with one attached hydrogen (secondary N) is 1. The van der Waals surface area contributed by atoms with Gasteiger partial charge in [-0.2, -0.15) is 0 Å².